The molecule has 1 unspecified atom stereocenters. The molecule has 1 atom stereocenters. The Hall–Kier alpha value is -4.71. The summed E-state index contributed by atoms with van der Waals surface area (Å²) in [5, 5.41) is 0. The highest BCUT2D eigenvalue weighted by Gasteiger charge is 2.19. The molecule has 0 spiro atoms. The molecule has 6 nitrogen and oxygen atoms in total. The van der Waals surface area contributed by atoms with E-state index in [0.717, 1.165) is 135 Å². The molecule has 0 aliphatic rings. The fourth-order valence-corrected chi connectivity index (χ4v) is 7.11. The molecule has 0 aliphatic carbocycles. The zero-order valence-electron chi connectivity index (χ0n) is 45.4. The number of hydrogen-bond donors (Lipinski definition) is 0. The molecule has 0 saturated heterocycles. The lowest BCUT2D eigenvalue weighted by molar-refractivity contribution is -0.167. The van der Waals surface area contributed by atoms with Crippen LogP contribution in [0.4, 0.5) is 0 Å². The summed E-state index contributed by atoms with van der Waals surface area (Å²) < 4.78 is 16.8. The Bertz CT molecular complexity index is 1590. The van der Waals surface area contributed by atoms with E-state index in [2.05, 4.69) is 167 Å². The van der Waals surface area contributed by atoms with E-state index in [9.17, 15) is 14.4 Å². The SMILES string of the molecule is CC/C=C\C/C=C\C/C=C\C/C=C\C/C=C\C/C=C\C/C=C\C/C=C\CCCCC(=O)OCC(COC(=O)CCCCCCC/C=C\CCCCCC)OC(=O)CCCCC/C=C\C/C=C\C/C=C\CC. The summed E-state index contributed by atoms with van der Waals surface area (Å²) in [5.74, 6) is -1.01. The molecule has 0 rings (SSSR count). The third kappa shape index (κ3) is 56.1. The van der Waals surface area contributed by atoms with Crippen LogP contribution in [0, 0.1) is 0 Å². The van der Waals surface area contributed by atoms with E-state index < -0.39 is 6.10 Å². The minimum Gasteiger partial charge on any atom is -0.462 e. The molecule has 0 aliphatic heterocycles. The van der Waals surface area contributed by atoms with Gasteiger partial charge >= 0.3 is 17.9 Å². The van der Waals surface area contributed by atoms with E-state index in [1.165, 1.54) is 38.5 Å². The number of unbranched alkanes of at least 4 members (excludes halogenated alkanes) is 14. The molecule has 0 amide bonds. The van der Waals surface area contributed by atoms with Gasteiger partial charge in [-0.3, -0.25) is 14.4 Å². The zero-order chi connectivity index (χ0) is 51.4. The van der Waals surface area contributed by atoms with Crippen LogP contribution in [0.2, 0.25) is 0 Å². The number of ether oxygens (including phenoxy) is 3. The van der Waals surface area contributed by atoms with E-state index >= 15 is 0 Å². The number of allylic oxidation sites excluding steroid dienone is 24. The average molecular weight is 980 g/mol. The Balaban J connectivity index is 4.45. The van der Waals surface area contributed by atoms with Crippen LogP contribution in [-0.2, 0) is 28.6 Å². The van der Waals surface area contributed by atoms with Gasteiger partial charge in [0.05, 0.1) is 0 Å². The summed E-state index contributed by atoms with van der Waals surface area (Å²) in [6, 6.07) is 0. The smallest absolute Gasteiger partial charge is 0.306 e. The van der Waals surface area contributed by atoms with Crippen molar-refractivity contribution in [2.24, 2.45) is 0 Å². The number of carbonyl (C=O) groups excluding carboxylic acids is 3. The van der Waals surface area contributed by atoms with Gasteiger partial charge in [-0.05, 0) is 141 Å². The first kappa shape index (κ1) is 66.3. The first-order valence-corrected chi connectivity index (χ1v) is 28.3. The highest BCUT2D eigenvalue weighted by Crippen LogP contribution is 2.12. The summed E-state index contributed by atoms with van der Waals surface area (Å²) in [4.78, 5) is 38.1. The van der Waals surface area contributed by atoms with Crippen molar-refractivity contribution in [3.63, 3.8) is 0 Å². The second kappa shape index (κ2) is 57.9. The summed E-state index contributed by atoms with van der Waals surface area (Å²) in [7, 11) is 0. The van der Waals surface area contributed by atoms with Crippen LogP contribution >= 0.6 is 0 Å². The van der Waals surface area contributed by atoms with Crippen LogP contribution in [0.25, 0.3) is 0 Å². The Morgan fingerprint density at radius 2 is 0.549 bits per heavy atom. The van der Waals surface area contributed by atoms with Crippen molar-refractivity contribution >= 4 is 17.9 Å². The van der Waals surface area contributed by atoms with Crippen LogP contribution in [0.3, 0.4) is 0 Å². The summed E-state index contributed by atoms with van der Waals surface area (Å²) in [6.45, 7) is 6.30. The van der Waals surface area contributed by atoms with E-state index in [1.807, 2.05) is 0 Å². The Kier molecular flexibility index (Phi) is 54.0. The van der Waals surface area contributed by atoms with E-state index in [4.69, 9.17) is 14.2 Å². The van der Waals surface area contributed by atoms with E-state index in [0.29, 0.717) is 19.3 Å². The first-order chi connectivity index (χ1) is 35.0. The molecule has 0 heterocycles. The molecular formula is C65H102O6. The van der Waals surface area contributed by atoms with Gasteiger partial charge in [0.2, 0.25) is 0 Å². The topological polar surface area (TPSA) is 78.9 Å². The molecule has 0 saturated carbocycles. The molecule has 398 valence electrons. The highest BCUT2D eigenvalue weighted by atomic mass is 16.6. The van der Waals surface area contributed by atoms with Crippen molar-refractivity contribution < 1.29 is 28.6 Å². The van der Waals surface area contributed by atoms with Gasteiger partial charge in [0.25, 0.3) is 0 Å². The van der Waals surface area contributed by atoms with E-state index in [-0.39, 0.29) is 44.0 Å². The highest BCUT2D eigenvalue weighted by molar-refractivity contribution is 5.71. The Morgan fingerprint density at radius 3 is 0.915 bits per heavy atom. The Morgan fingerprint density at radius 1 is 0.296 bits per heavy atom. The summed E-state index contributed by atoms with van der Waals surface area (Å²) in [5.41, 5.74) is 0. The second-order valence-electron chi connectivity index (χ2n) is 18.1. The first-order valence-electron chi connectivity index (χ1n) is 28.3. The molecule has 0 aromatic heterocycles. The van der Waals surface area contributed by atoms with Crippen LogP contribution in [-0.4, -0.2) is 37.2 Å². The third-order valence-electron chi connectivity index (χ3n) is 11.3. The largest absolute Gasteiger partial charge is 0.462 e. The Labute approximate surface area is 436 Å². The van der Waals surface area contributed by atoms with Gasteiger partial charge in [-0.2, -0.15) is 0 Å². The average Bonchev–Trinajstić information content (AvgIpc) is 3.37. The lowest BCUT2D eigenvalue weighted by atomic mass is 10.1. The van der Waals surface area contributed by atoms with Gasteiger partial charge < -0.3 is 14.2 Å². The fourth-order valence-electron chi connectivity index (χ4n) is 7.11. The van der Waals surface area contributed by atoms with Crippen molar-refractivity contribution in [1.29, 1.82) is 0 Å². The molecule has 0 aromatic rings. The second-order valence-corrected chi connectivity index (χ2v) is 18.1. The zero-order valence-corrected chi connectivity index (χ0v) is 45.4. The van der Waals surface area contributed by atoms with E-state index in [1.54, 1.807) is 0 Å². The predicted octanol–water partition coefficient (Wildman–Crippen LogP) is 19.2. The van der Waals surface area contributed by atoms with Gasteiger partial charge in [-0.15, -0.1) is 0 Å². The van der Waals surface area contributed by atoms with Crippen LogP contribution in [0.15, 0.2) is 146 Å². The quantitative estimate of drug-likeness (QED) is 0.0262. The monoisotopic (exact) mass is 979 g/mol. The molecule has 0 fully saturated rings. The normalized spacial score (nSPS) is 13.2. The maximum absolute atomic E-state index is 12.8. The van der Waals surface area contributed by atoms with Gasteiger partial charge in [0.1, 0.15) is 13.2 Å². The molecule has 6 heteroatoms. The lowest BCUT2D eigenvalue weighted by Gasteiger charge is -2.18. The lowest BCUT2D eigenvalue weighted by Crippen LogP contribution is -2.30. The van der Waals surface area contributed by atoms with Crippen molar-refractivity contribution in [2.75, 3.05) is 13.2 Å². The number of carbonyl (C=O) groups is 3. The minimum absolute atomic E-state index is 0.114. The third-order valence-corrected chi connectivity index (χ3v) is 11.3. The molecule has 71 heavy (non-hydrogen) atoms. The fraction of sp³-hybridized carbons (Fsp3) is 0.585. The summed E-state index contributed by atoms with van der Waals surface area (Å²) in [6.07, 6.45) is 82.7. The maximum atomic E-state index is 12.8. The maximum Gasteiger partial charge on any atom is 0.306 e. The molecule has 0 N–H and O–H groups in total. The van der Waals surface area contributed by atoms with Crippen molar-refractivity contribution in [1.82, 2.24) is 0 Å². The van der Waals surface area contributed by atoms with Gasteiger partial charge in [0, 0.05) is 19.3 Å². The standard InChI is InChI=1S/C65H102O6/c1-4-7-10-13-16-19-22-25-26-27-28-29-30-31-32-33-34-35-36-37-38-41-43-46-49-52-55-58-64(67)70-61-62(71-65(68)59-56-53-50-47-44-40-24-21-18-15-12-9-6-3)60-69-63(66)57-54-51-48-45-42-39-23-20-17-14-11-8-5-2/h7,9-10,12,16,18-21,23,25-26,28-29,31-32,34-35,37-38,40,43-44,46,62H,4-6,8,11,13-15,17,22,24,27,30,33,36,39,41-42,45,47-61H2,1-3H3/b10-7-,12-9-,19-16-,21-18-,23-20-,26-25-,29-28-,32-31-,35-34-,38-37-,44-40-,46-43-. The van der Waals surface area contributed by atoms with Crippen LogP contribution in [0.1, 0.15) is 226 Å². The van der Waals surface area contributed by atoms with Crippen LogP contribution < -0.4 is 0 Å². The molecular weight excluding hydrogens is 877 g/mol. The van der Waals surface area contributed by atoms with Gasteiger partial charge in [0.15, 0.2) is 6.10 Å². The summed E-state index contributed by atoms with van der Waals surface area (Å²) >= 11 is 0. The van der Waals surface area contributed by atoms with Gasteiger partial charge in [-0.25, -0.2) is 0 Å². The minimum atomic E-state index is -0.820. The molecule has 0 radical (unpaired) electrons. The van der Waals surface area contributed by atoms with Crippen LogP contribution in [0.5, 0.6) is 0 Å². The number of hydrogen-bond acceptors (Lipinski definition) is 6. The van der Waals surface area contributed by atoms with Crippen molar-refractivity contribution in [3.05, 3.63) is 146 Å². The predicted molar refractivity (Wildman–Crippen MR) is 306 cm³/mol. The molecule has 0 bridgehead atoms. The van der Waals surface area contributed by atoms with Crippen molar-refractivity contribution in [3.8, 4) is 0 Å². The van der Waals surface area contributed by atoms with Gasteiger partial charge in [-0.1, -0.05) is 212 Å². The molecule has 0 aromatic carbocycles. The van der Waals surface area contributed by atoms with Crippen molar-refractivity contribution in [2.45, 2.75) is 232 Å². The number of rotatable bonds is 49. The number of esters is 3.